The second-order valence-electron chi connectivity index (χ2n) is 5.14. The van der Waals surface area contributed by atoms with Crippen molar-refractivity contribution < 1.29 is 17.9 Å². The van der Waals surface area contributed by atoms with E-state index in [1.54, 1.807) is 43.3 Å². The normalized spacial score (nSPS) is 18.7. The van der Waals surface area contributed by atoms with Crippen LogP contribution < -0.4 is 14.2 Å². The Morgan fingerprint density at radius 1 is 1.05 bits per heavy atom. The molecule has 0 aromatic heterocycles. The van der Waals surface area contributed by atoms with Crippen LogP contribution in [0.25, 0.3) is 0 Å². The van der Waals surface area contributed by atoms with Gasteiger partial charge in [-0.25, -0.2) is 13.1 Å². The standard InChI is InChI=1S/C16H17NO4S/c1-12(17-22(18,19)13-7-3-2-4-8-13)16-11-20-14-9-5-6-10-15(14)21-16/h2-10,12,16-17H,11H2,1H3/t12-,16-/m1/s1. The van der Waals surface area contributed by atoms with E-state index in [4.69, 9.17) is 9.47 Å². The lowest BCUT2D eigenvalue weighted by molar-refractivity contribution is 0.0725. The third kappa shape index (κ3) is 3.08. The molecule has 2 aromatic rings. The van der Waals surface area contributed by atoms with E-state index >= 15 is 0 Å². The molecule has 1 aliphatic rings. The van der Waals surface area contributed by atoms with Crippen molar-refractivity contribution in [3.8, 4) is 11.5 Å². The van der Waals surface area contributed by atoms with Gasteiger partial charge < -0.3 is 9.47 Å². The van der Waals surface area contributed by atoms with Crippen LogP contribution in [0, 0.1) is 0 Å². The molecule has 116 valence electrons. The number of hydrogen-bond acceptors (Lipinski definition) is 4. The smallest absolute Gasteiger partial charge is 0.240 e. The molecule has 1 heterocycles. The van der Waals surface area contributed by atoms with E-state index < -0.39 is 16.1 Å². The van der Waals surface area contributed by atoms with Crippen LogP contribution in [-0.2, 0) is 10.0 Å². The Labute approximate surface area is 129 Å². The van der Waals surface area contributed by atoms with Crippen LogP contribution in [0.5, 0.6) is 11.5 Å². The molecule has 0 unspecified atom stereocenters. The lowest BCUT2D eigenvalue weighted by Crippen LogP contribution is -2.48. The molecule has 1 aliphatic heterocycles. The van der Waals surface area contributed by atoms with Crippen molar-refractivity contribution in [2.45, 2.75) is 24.0 Å². The Morgan fingerprint density at radius 3 is 2.41 bits per heavy atom. The number of sulfonamides is 1. The van der Waals surface area contributed by atoms with Crippen molar-refractivity contribution in [2.75, 3.05) is 6.61 Å². The third-order valence-corrected chi connectivity index (χ3v) is 5.06. The highest BCUT2D eigenvalue weighted by Gasteiger charge is 2.29. The van der Waals surface area contributed by atoms with Gasteiger partial charge in [0, 0.05) is 0 Å². The molecule has 1 N–H and O–H groups in total. The summed E-state index contributed by atoms with van der Waals surface area (Å²) in [6.45, 7) is 2.07. The quantitative estimate of drug-likeness (QED) is 0.938. The molecule has 5 nitrogen and oxygen atoms in total. The van der Waals surface area contributed by atoms with E-state index in [-0.39, 0.29) is 11.0 Å². The zero-order valence-corrected chi connectivity index (χ0v) is 12.9. The maximum absolute atomic E-state index is 12.3. The zero-order chi connectivity index (χ0) is 15.6. The van der Waals surface area contributed by atoms with Gasteiger partial charge in [-0.15, -0.1) is 0 Å². The largest absolute Gasteiger partial charge is 0.486 e. The van der Waals surface area contributed by atoms with Crippen molar-refractivity contribution in [2.24, 2.45) is 0 Å². The fourth-order valence-electron chi connectivity index (χ4n) is 2.27. The summed E-state index contributed by atoms with van der Waals surface area (Å²) in [5.74, 6) is 1.31. The van der Waals surface area contributed by atoms with Gasteiger partial charge in [-0.3, -0.25) is 0 Å². The molecule has 6 heteroatoms. The summed E-state index contributed by atoms with van der Waals surface area (Å²) in [5.41, 5.74) is 0. The first kappa shape index (κ1) is 14.9. The first-order valence-corrected chi connectivity index (χ1v) is 8.50. The summed E-state index contributed by atoms with van der Waals surface area (Å²) in [6, 6.07) is 15.2. The molecule has 2 aromatic carbocycles. The first-order chi connectivity index (χ1) is 10.6. The van der Waals surface area contributed by atoms with Crippen molar-refractivity contribution in [1.82, 2.24) is 4.72 Å². The average molecular weight is 319 g/mol. The first-order valence-electron chi connectivity index (χ1n) is 7.02. The molecule has 0 amide bonds. The van der Waals surface area contributed by atoms with Crippen molar-refractivity contribution in [3.63, 3.8) is 0 Å². The predicted octanol–water partition coefficient (Wildman–Crippen LogP) is 2.19. The monoisotopic (exact) mass is 319 g/mol. The molecule has 2 atom stereocenters. The van der Waals surface area contributed by atoms with Crippen LogP contribution in [0.15, 0.2) is 59.5 Å². The van der Waals surface area contributed by atoms with Gasteiger partial charge in [0.25, 0.3) is 0 Å². The third-order valence-electron chi connectivity index (χ3n) is 3.48. The molecule has 0 radical (unpaired) electrons. The minimum absolute atomic E-state index is 0.235. The zero-order valence-electron chi connectivity index (χ0n) is 12.1. The van der Waals surface area contributed by atoms with Gasteiger partial charge in [-0.1, -0.05) is 30.3 Å². The molecule has 0 aliphatic carbocycles. The van der Waals surface area contributed by atoms with Gasteiger partial charge >= 0.3 is 0 Å². The van der Waals surface area contributed by atoms with Crippen LogP contribution >= 0.6 is 0 Å². The minimum atomic E-state index is -3.57. The molecule has 22 heavy (non-hydrogen) atoms. The van der Waals surface area contributed by atoms with Gasteiger partial charge in [-0.05, 0) is 31.2 Å². The lowest BCUT2D eigenvalue weighted by Gasteiger charge is -2.30. The summed E-state index contributed by atoms with van der Waals surface area (Å²) in [5, 5.41) is 0. The van der Waals surface area contributed by atoms with E-state index in [1.165, 1.54) is 0 Å². The number of hydrogen-bond donors (Lipinski definition) is 1. The van der Waals surface area contributed by atoms with Crippen LogP contribution in [0.2, 0.25) is 0 Å². The SMILES string of the molecule is C[C@@H](NS(=O)(=O)c1ccccc1)[C@H]1COc2ccccc2O1. The van der Waals surface area contributed by atoms with E-state index in [9.17, 15) is 8.42 Å². The topological polar surface area (TPSA) is 64.6 Å². The number of benzene rings is 2. The maximum atomic E-state index is 12.3. The number of ether oxygens (including phenoxy) is 2. The Balaban J connectivity index is 1.72. The fourth-order valence-corrected chi connectivity index (χ4v) is 3.56. The molecule has 0 bridgehead atoms. The van der Waals surface area contributed by atoms with Crippen molar-refractivity contribution in [1.29, 1.82) is 0 Å². The summed E-state index contributed by atoms with van der Waals surface area (Å²) in [6.07, 6.45) is -0.381. The maximum Gasteiger partial charge on any atom is 0.240 e. The fraction of sp³-hybridized carbons (Fsp3) is 0.250. The van der Waals surface area contributed by atoms with Crippen LogP contribution in [-0.4, -0.2) is 27.2 Å². The van der Waals surface area contributed by atoms with E-state index in [0.717, 1.165) is 0 Å². The summed E-state index contributed by atoms with van der Waals surface area (Å²) in [4.78, 5) is 0.235. The van der Waals surface area contributed by atoms with E-state index in [1.807, 2.05) is 18.2 Å². The molecular weight excluding hydrogens is 302 g/mol. The summed E-state index contributed by atoms with van der Waals surface area (Å²) < 4.78 is 38.7. The van der Waals surface area contributed by atoms with Gasteiger partial charge in [-0.2, -0.15) is 0 Å². The van der Waals surface area contributed by atoms with Crippen LogP contribution in [0.3, 0.4) is 0 Å². The Bertz CT molecular complexity index is 746. The lowest BCUT2D eigenvalue weighted by atomic mass is 10.2. The number of nitrogens with one attached hydrogen (secondary N) is 1. The van der Waals surface area contributed by atoms with Gasteiger partial charge in [0.2, 0.25) is 10.0 Å². The van der Waals surface area contributed by atoms with Crippen LogP contribution in [0.1, 0.15) is 6.92 Å². The molecule has 0 saturated carbocycles. The number of para-hydroxylation sites is 2. The molecule has 0 fully saturated rings. The number of rotatable bonds is 4. The summed E-state index contributed by atoms with van der Waals surface area (Å²) in [7, 11) is -3.57. The van der Waals surface area contributed by atoms with Crippen molar-refractivity contribution >= 4 is 10.0 Å². The highest BCUT2D eigenvalue weighted by Crippen LogP contribution is 2.31. The van der Waals surface area contributed by atoms with Gasteiger partial charge in [0.15, 0.2) is 11.5 Å². The number of fused-ring (bicyclic) bond motifs is 1. The second-order valence-corrected chi connectivity index (χ2v) is 6.85. The second kappa shape index (κ2) is 5.98. The summed E-state index contributed by atoms with van der Waals surface area (Å²) >= 11 is 0. The highest BCUT2D eigenvalue weighted by atomic mass is 32.2. The Kier molecular flexibility index (Phi) is 4.04. The molecule has 3 rings (SSSR count). The van der Waals surface area contributed by atoms with E-state index in [2.05, 4.69) is 4.72 Å². The average Bonchev–Trinajstić information content (AvgIpc) is 2.55. The molecule has 0 saturated heterocycles. The van der Waals surface area contributed by atoms with E-state index in [0.29, 0.717) is 18.1 Å². The van der Waals surface area contributed by atoms with Crippen LogP contribution in [0.4, 0.5) is 0 Å². The Hall–Kier alpha value is -2.05. The van der Waals surface area contributed by atoms with Crippen molar-refractivity contribution in [3.05, 3.63) is 54.6 Å². The molecular formula is C16H17NO4S. The minimum Gasteiger partial charge on any atom is -0.486 e. The Morgan fingerprint density at radius 2 is 1.68 bits per heavy atom. The highest BCUT2D eigenvalue weighted by molar-refractivity contribution is 7.89. The van der Waals surface area contributed by atoms with Gasteiger partial charge in [0.05, 0.1) is 10.9 Å². The predicted molar refractivity (Wildman–Crippen MR) is 82.6 cm³/mol. The van der Waals surface area contributed by atoms with Gasteiger partial charge in [0.1, 0.15) is 12.7 Å². The molecule has 0 spiro atoms.